The Morgan fingerprint density at radius 3 is 2.75 bits per heavy atom. The normalized spacial score (nSPS) is 10.3. The molecule has 4 nitrogen and oxygen atoms in total. The molecule has 2 rings (SSSR count). The summed E-state index contributed by atoms with van der Waals surface area (Å²) in [6.07, 6.45) is 0. The molecule has 0 bridgehead atoms. The van der Waals surface area contributed by atoms with Crippen LogP contribution in [0.1, 0.15) is 15.9 Å². The van der Waals surface area contributed by atoms with Gasteiger partial charge in [0, 0.05) is 5.69 Å². The fourth-order valence-electron chi connectivity index (χ4n) is 1.80. The van der Waals surface area contributed by atoms with Crippen molar-refractivity contribution in [2.75, 3.05) is 11.1 Å². The van der Waals surface area contributed by atoms with E-state index >= 15 is 0 Å². The summed E-state index contributed by atoms with van der Waals surface area (Å²) < 4.78 is 13.9. The summed E-state index contributed by atoms with van der Waals surface area (Å²) in [6.45, 7) is 1.78. The maximum Gasteiger partial charge on any atom is 0.337 e. The van der Waals surface area contributed by atoms with E-state index in [0.29, 0.717) is 10.2 Å². The van der Waals surface area contributed by atoms with E-state index in [-0.39, 0.29) is 16.9 Å². The molecule has 6 heteroatoms. The molecule has 0 aliphatic heterocycles. The van der Waals surface area contributed by atoms with Gasteiger partial charge in [0.25, 0.3) is 0 Å². The molecular formula is C14H12BrFN2O2. The van der Waals surface area contributed by atoms with Gasteiger partial charge in [-0.05, 0) is 52.7 Å². The number of aryl methyl sites for hydroxylation is 1. The fraction of sp³-hybridized carbons (Fsp3) is 0.0714. The quantitative estimate of drug-likeness (QED) is 0.741. The average Bonchev–Trinajstić information content (AvgIpc) is 2.37. The van der Waals surface area contributed by atoms with Crippen LogP contribution in [0.25, 0.3) is 0 Å². The minimum absolute atomic E-state index is 0.0349. The molecule has 0 aliphatic rings. The number of hydrogen-bond acceptors (Lipinski definition) is 3. The van der Waals surface area contributed by atoms with Gasteiger partial charge in [0.1, 0.15) is 5.82 Å². The van der Waals surface area contributed by atoms with Crippen molar-refractivity contribution in [2.45, 2.75) is 6.92 Å². The fourth-order valence-corrected chi connectivity index (χ4v) is 2.26. The van der Waals surface area contributed by atoms with Gasteiger partial charge in [0.2, 0.25) is 0 Å². The number of nitrogen functional groups attached to an aromatic ring is 1. The number of carboxylic acid groups (broad SMARTS) is 1. The number of para-hydroxylation sites is 1. The van der Waals surface area contributed by atoms with Crippen LogP contribution < -0.4 is 11.1 Å². The van der Waals surface area contributed by atoms with Crippen molar-refractivity contribution >= 4 is 39.0 Å². The van der Waals surface area contributed by atoms with Gasteiger partial charge in [-0.15, -0.1) is 0 Å². The summed E-state index contributed by atoms with van der Waals surface area (Å²) in [6, 6.07) is 7.47. The van der Waals surface area contributed by atoms with Crippen LogP contribution in [0.4, 0.5) is 21.5 Å². The Hall–Kier alpha value is -2.08. The van der Waals surface area contributed by atoms with Gasteiger partial charge in [-0.1, -0.05) is 6.07 Å². The smallest absolute Gasteiger partial charge is 0.337 e. The number of carboxylic acids is 1. The summed E-state index contributed by atoms with van der Waals surface area (Å²) >= 11 is 3.10. The average molecular weight is 339 g/mol. The molecule has 104 valence electrons. The molecule has 0 fully saturated rings. The Morgan fingerprint density at radius 2 is 2.10 bits per heavy atom. The van der Waals surface area contributed by atoms with Crippen LogP contribution in [-0.2, 0) is 0 Å². The van der Waals surface area contributed by atoms with E-state index in [9.17, 15) is 9.18 Å². The van der Waals surface area contributed by atoms with Crippen LogP contribution in [0, 0.1) is 12.7 Å². The Labute approximate surface area is 123 Å². The molecule has 20 heavy (non-hydrogen) atoms. The summed E-state index contributed by atoms with van der Waals surface area (Å²) in [4.78, 5) is 11.2. The number of nitrogens with two attached hydrogens (primary N) is 1. The molecule has 0 spiro atoms. The Bertz CT molecular complexity index is 689. The molecular weight excluding hydrogens is 327 g/mol. The first kappa shape index (κ1) is 14.3. The summed E-state index contributed by atoms with van der Waals surface area (Å²) in [5, 5.41) is 12.1. The first-order valence-corrected chi connectivity index (χ1v) is 6.54. The molecule has 2 aromatic rings. The van der Waals surface area contributed by atoms with Crippen LogP contribution in [0.3, 0.4) is 0 Å². The van der Waals surface area contributed by atoms with Gasteiger partial charge in [-0.2, -0.15) is 0 Å². The van der Waals surface area contributed by atoms with Crippen molar-refractivity contribution in [1.29, 1.82) is 0 Å². The van der Waals surface area contributed by atoms with E-state index in [1.165, 1.54) is 12.1 Å². The lowest BCUT2D eigenvalue weighted by Gasteiger charge is -2.14. The number of carbonyl (C=O) groups is 1. The van der Waals surface area contributed by atoms with Gasteiger partial charge < -0.3 is 16.2 Å². The van der Waals surface area contributed by atoms with Crippen molar-refractivity contribution in [3.05, 3.63) is 51.7 Å². The molecule has 0 heterocycles. The second-order valence-electron chi connectivity index (χ2n) is 4.28. The number of aromatic carboxylic acids is 1. The largest absolute Gasteiger partial charge is 0.478 e. The maximum atomic E-state index is 13.6. The van der Waals surface area contributed by atoms with Crippen LogP contribution in [0.5, 0.6) is 0 Å². The zero-order valence-electron chi connectivity index (χ0n) is 10.6. The van der Waals surface area contributed by atoms with E-state index in [0.717, 1.165) is 5.56 Å². The van der Waals surface area contributed by atoms with Crippen LogP contribution >= 0.6 is 15.9 Å². The molecule has 0 aromatic heterocycles. The van der Waals surface area contributed by atoms with E-state index in [1.807, 2.05) is 0 Å². The number of hydrogen-bond donors (Lipinski definition) is 3. The lowest BCUT2D eigenvalue weighted by atomic mass is 10.1. The molecule has 0 amide bonds. The first-order valence-electron chi connectivity index (χ1n) is 5.74. The highest BCUT2D eigenvalue weighted by Crippen LogP contribution is 2.31. The Kier molecular flexibility index (Phi) is 3.94. The Balaban J connectivity index is 2.50. The zero-order chi connectivity index (χ0) is 14.9. The third-order valence-corrected chi connectivity index (χ3v) is 3.46. The Morgan fingerprint density at radius 1 is 1.40 bits per heavy atom. The highest BCUT2D eigenvalue weighted by atomic mass is 79.9. The summed E-state index contributed by atoms with van der Waals surface area (Å²) in [7, 11) is 0. The van der Waals surface area contributed by atoms with Crippen LogP contribution in [-0.4, -0.2) is 11.1 Å². The standard InChI is InChI=1S/C14H12BrFN2O2/c1-7-5-9(15)10(16)6-12(7)18-13-8(14(19)20)3-2-4-11(13)17/h2-6,18H,17H2,1H3,(H,19,20). The SMILES string of the molecule is Cc1cc(Br)c(F)cc1Nc1c(N)cccc1C(=O)O. The third-order valence-electron chi connectivity index (χ3n) is 2.85. The van der Waals surface area contributed by atoms with Crippen LogP contribution in [0.2, 0.25) is 0 Å². The minimum Gasteiger partial charge on any atom is -0.478 e. The molecule has 0 radical (unpaired) electrons. The number of nitrogens with one attached hydrogen (secondary N) is 1. The van der Waals surface area contributed by atoms with Gasteiger partial charge in [-0.3, -0.25) is 0 Å². The van der Waals surface area contributed by atoms with Gasteiger partial charge in [0.15, 0.2) is 0 Å². The van der Waals surface area contributed by atoms with Crippen LogP contribution in [0.15, 0.2) is 34.8 Å². The summed E-state index contributed by atoms with van der Waals surface area (Å²) in [5.74, 6) is -1.54. The second kappa shape index (κ2) is 5.50. The van der Waals surface area contributed by atoms with Crippen molar-refractivity contribution in [1.82, 2.24) is 0 Å². The molecule has 0 aliphatic carbocycles. The number of benzene rings is 2. The highest BCUT2D eigenvalue weighted by molar-refractivity contribution is 9.10. The molecule has 0 unspecified atom stereocenters. The first-order chi connectivity index (χ1) is 9.40. The van der Waals surface area contributed by atoms with E-state index in [1.54, 1.807) is 25.1 Å². The lowest BCUT2D eigenvalue weighted by molar-refractivity contribution is 0.0698. The van der Waals surface area contributed by atoms with E-state index < -0.39 is 11.8 Å². The number of anilines is 3. The molecule has 0 saturated carbocycles. The van der Waals surface area contributed by atoms with Crippen molar-refractivity contribution in [2.24, 2.45) is 0 Å². The van der Waals surface area contributed by atoms with Gasteiger partial charge in [-0.25, -0.2) is 9.18 Å². The number of halogens is 2. The second-order valence-corrected chi connectivity index (χ2v) is 5.14. The monoisotopic (exact) mass is 338 g/mol. The van der Waals surface area contributed by atoms with E-state index in [2.05, 4.69) is 21.2 Å². The van der Waals surface area contributed by atoms with Crippen molar-refractivity contribution < 1.29 is 14.3 Å². The van der Waals surface area contributed by atoms with Crippen molar-refractivity contribution in [3.8, 4) is 0 Å². The molecule has 2 aromatic carbocycles. The van der Waals surface area contributed by atoms with Crippen molar-refractivity contribution in [3.63, 3.8) is 0 Å². The highest BCUT2D eigenvalue weighted by Gasteiger charge is 2.14. The van der Waals surface area contributed by atoms with E-state index in [4.69, 9.17) is 10.8 Å². The topological polar surface area (TPSA) is 75.3 Å². The summed E-state index contributed by atoms with van der Waals surface area (Å²) in [5.41, 5.74) is 7.60. The third kappa shape index (κ3) is 2.75. The zero-order valence-corrected chi connectivity index (χ0v) is 12.2. The molecule has 0 atom stereocenters. The predicted octanol–water partition coefficient (Wildman–Crippen LogP) is 3.92. The lowest BCUT2D eigenvalue weighted by Crippen LogP contribution is -2.06. The molecule has 0 saturated heterocycles. The molecule has 4 N–H and O–H groups in total. The number of rotatable bonds is 3. The van der Waals surface area contributed by atoms with Gasteiger partial charge in [0.05, 0.1) is 21.4 Å². The maximum absolute atomic E-state index is 13.6. The predicted molar refractivity (Wildman–Crippen MR) is 79.9 cm³/mol. The minimum atomic E-state index is -1.10. The van der Waals surface area contributed by atoms with Gasteiger partial charge >= 0.3 is 5.97 Å².